The van der Waals surface area contributed by atoms with Crippen molar-refractivity contribution in [2.24, 2.45) is 4.99 Å². The van der Waals surface area contributed by atoms with Crippen molar-refractivity contribution < 1.29 is 5.21 Å². The molecule has 0 radical (unpaired) electrons. The summed E-state index contributed by atoms with van der Waals surface area (Å²) in [6.07, 6.45) is 0. The van der Waals surface area contributed by atoms with Crippen molar-refractivity contribution in [3.8, 4) is 0 Å². The summed E-state index contributed by atoms with van der Waals surface area (Å²) in [5.41, 5.74) is 2.15. The van der Waals surface area contributed by atoms with Gasteiger partial charge < -0.3 is 0 Å². The number of aliphatic imine (C=N–C) groups is 1. The van der Waals surface area contributed by atoms with Gasteiger partial charge >= 0.3 is 0 Å². The predicted molar refractivity (Wildman–Crippen MR) is 62.4 cm³/mol. The standard InChI is InChI=1S/C12H18N2O/c1-4-13-12(14(15)5-2)11-8-6-10(3)7-9-11/h6-9,15H,4-5H2,1-3H3. The summed E-state index contributed by atoms with van der Waals surface area (Å²) < 4.78 is 0. The van der Waals surface area contributed by atoms with E-state index in [1.165, 1.54) is 10.6 Å². The van der Waals surface area contributed by atoms with E-state index < -0.39 is 0 Å². The third kappa shape index (κ3) is 3.06. The Labute approximate surface area is 91.0 Å². The summed E-state index contributed by atoms with van der Waals surface area (Å²) in [6.45, 7) is 7.08. The Kier molecular flexibility index (Phi) is 4.31. The molecular formula is C12H18N2O. The van der Waals surface area contributed by atoms with Gasteiger partial charge in [0.2, 0.25) is 0 Å². The first kappa shape index (κ1) is 11.7. The molecule has 0 aromatic heterocycles. The molecule has 0 aliphatic carbocycles. The fourth-order valence-corrected chi connectivity index (χ4v) is 1.32. The van der Waals surface area contributed by atoms with Crippen molar-refractivity contribution in [1.29, 1.82) is 0 Å². The predicted octanol–water partition coefficient (Wildman–Crippen LogP) is 2.47. The summed E-state index contributed by atoms with van der Waals surface area (Å²) >= 11 is 0. The molecular weight excluding hydrogens is 188 g/mol. The van der Waals surface area contributed by atoms with E-state index in [2.05, 4.69) is 4.99 Å². The highest BCUT2D eigenvalue weighted by Gasteiger charge is 2.08. The van der Waals surface area contributed by atoms with Gasteiger partial charge in [-0.3, -0.25) is 10.2 Å². The molecule has 0 heterocycles. The number of aryl methyl sites for hydroxylation is 1. The van der Waals surface area contributed by atoms with Gasteiger partial charge in [0, 0.05) is 18.7 Å². The second-order valence-electron chi connectivity index (χ2n) is 3.38. The Morgan fingerprint density at radius 3 is 2.33 bits per heavy atom. The van der Waals surface area contributed by atoms with Gasteiger partial charge in [-0.25, -0.2) is 5.06 Å². The highest BCUT2D eigenvalue weighted by atomic mass is 16.5. The van der Waals surface area contributed by atoms with Crippen LogP contribution < -0.4 is 0 Å². The molecule has 0 fully saturated rings. The maximum absolute atomic E-state index is 9.67. The molecule has 0 saturated heterocycles. The van der Waals surface area contributed by atoms with E-state index in [0.29, 0.717) is 18.9 Å². The van der Waals surface area contributed by atoms with E-state index in [1.54, 1.807) is 0 Å². The summed E-state index contributed by atoms with van der Waals surface area (Å²) in [7, 11) is 0. The fraction of sp³-hybridized carbons (Fsp3) is 0.417. The van der Waals surface area contributed by atoms with E-state index in [0.717, 1.165) is 5.56 Å². The average Bonchev–Trinajstić information content (AvgIpc) is 2.26. The van der Waals surface area contributed by atoms with Crippen LogP contribution in [0.25, 0.3) is 0 Å². The van der Waals surface area contributed by atoms with E-state index in [9.17, 15) is 5.21 Å². The van der Waals surface area contributed by atoms with Crippen LogP contribution in [0.3, 0.4) is 0 Å². The van der Waals surface area contributed by atoms with Gasteiger partial charge in [0.05, 0.1) is 0 Å². The summed E-state index contributed by atoms with van der Waals surface area (Å²) in [4.78, 5) is 4.29. The molecule has 3 heteroatoms. The minimum absolute atomic E-state index is 0.534. The molecule has 0 unspecified atom stereocenters. The monoisotopic (exact) mass is 206 g/mol. The lowest BCUT2D eigenvalue weighted by Gasteiger charge is -2.17. The molecule has 1 N–H and O–H groups in total. The van der Waals surface area contributed by atoms with Crippen LogP contribution >= 0.6 is 0 Å². The van der Waals surface area contributed by atoms with Crippen LogP contribution in [0.2, 0.25) is 0 Å². The summed E-state index contributed by atoms with van der Waals surface area (Å²) in [5, 5.41) is 10.8. The largest absolute Gasteiger partial charge is 0.287 e. The van der Waals surface area contributed by atoms with Gasteiger partial charge in [-0.1, -0.05) is 29.8 Å². The lowest BCUT2D eigenvalue weighted by atomic mass is 10.1. The minimum atomic E-state index is 0.534. The molecule has 1 aromatic carbocycles. The number of hydrogen-bond acceptors (Lipinski definition) is 2. The number of amidine groups is 1. The van der Waals surface area contributed by atoms with Crippen LogP contribution in [0.5, 0.6) is 0 Å². The Morgan fingerprint density at radius 2 is 1.87 bits per heavy atom. The quantitative estimate of drug-likeness (QED) is 0.468. The number of rotatable bonds is 3. The topological polar surface area (TPSA) is 35.8 Å². The third-order valence-electron chi connectivity index (χ3n) is 2.16. The van der Waals surface area contributed by atoms with E-state index >= 15 is 0 Å². The maximum Gasteiger partial charge on any atom is 0.154 e. The number of nitrogens with zero attached hydrogens (tertiary/aromatic N) is 2. The molecule has 3 nitrogen and oxygen atoms in total. The van der Waals surface area contributed by atoms with Crippen LogP contribution in [0.4, 0.5) is 0 Å². The zero-order chi connectivity index (χ0) is 11.3. The molecule has 0 aliphatic rings. The van der Waals surface area contributed by atoms with Crippen LogP contribution in [-0.2, 0) is 0 Å². The van der Waals surface area contributed by atoms with Crippen LogP contribution in [-0.4, -0.2) is 29.2 Å². The van der Waals surface area contributed by atoms with E-state index in [4.69, 9.17) is 0 Å². The van der Waals surface area contributed by atoms with Crippen LogP contribution in [0, 0.1) is 6.92 Å². The molecule has 0 spiro atoms. The van der Waals surface area contributed by atoms with Gasteiger partial charge in [0.1, 0.15) is 0 Å². The zero-order valence-corrected chi connectivity index (χ0v) is 9.57. The maximum atomic E-state index is 9.67. The summed E-state index contributed by atoms with van der Waals surface area (Å²) in [6, 6.07) is 7.99. The normalized spacial score (nSPS) is 11.6. The second-order valence-corrected chi connectivity index (χ2v) is 3.38. The highest BCUT2D eigenvalue weighted by molar-refractivity contribution is 5.98. The molecule has 82 valence electrons. The fourth-order valence-electron chi connectivity index (χ4n) is 1.32. The Bertz CT molecular complexity index is 330. The van der Waals surface area contributed by atoms with Gasteiger partial charge in [-0.15, -0.1) is 0 Å². The number of hydroxylamine groups is 2. The van der Waals surface area contributed by atoms with E-state index in [-0.39, 0.29) is 0 Å². The first-order valence-electron chi connectivity index (χ1n) is 5.27. The molecule has 0 amide bonds. The zero-order valence-electron chi connectivity index (χ0n) is 9.57. The second kappa shape index (κ2) is 5.51. The minimum Gasteiger partial charge on any atom is -0.287 e. The molecule has 1 rings (SSSR count). The van der Waals surface area contributed by atoms with Crippen molar-refractivity contribution in [3.63, 3.8) is 0 Å². The smallest absolute Gasteiger partial charge is 0.154 e. The van der Waals surface area contributed by atoms with Gasteiger partial charge in [0.25, 0.3) is 0 Å². The van der Waals surface area contributed by atoms with E-state index in [1.807, 2.05) is 45.0 Å². The van der Waals surface area contributed by atoms with Crippen molar-refractivity contribution >= 4 is 5.84 Å². The molecule has 1 aromatic rings. The summed E-state index contributed by atoms with van der Waals surface area (Å²) in [5.74, 6) is 0.639. The molecule has 15 heavy (non-hydrogen) atoms. The Hall–Kier alpha value is -1.35. The van der Waals surface area contributed by atoms with Crippen molar-refractivity contribution in [2.75, 3.05) is 13.1 Å². The number of benzene rings is 1. The average molecular weight is 206 g/mol. The number of hydrogen-bond donors (Lipinski definition) is 1. The van der Waals surface area contributed by atoms with Crippen molar-refractivity contribution in [1.82, 2.24) is 5.06 Å². The molecule has 0 saturated carbocycles. The highest BCUT2D eigenvalue weighted by Crippen LogP contribution is 2.07. The Balaban J connectivity index is 2.99. The SMILES string of the molecule is CCN=C(c1ccc(C)cc1)N(O)CC. The van der Waals surface area contributed by atoms with Crippen molar-refractivity contribution in [3.05, 3.63) is 35.4 Å². The third-order valence-corrected chi connectivity index (χ3v) is 2.16. The van der Waals surface area contributed by atoms with Crippen LogP contribution in [0.15, 0.2) is 29.3 Å². The molecule has 0 bridgehead atoms. The van der Waals surface area contributed by atoms with Gasteiger partial charge in [-0.2, -0.15) is 0 Å². The Morgan fingerprint density at radius 1 is 1.27 bits per heavy atom. The van der Waals surface area contributed by atoms with Gasteiger partial charge in [0.15, 0.2) is 5.84 Å². The lowest BCUT2D eigenvalue weighted by molar-refractivity contribution is -0.00873. The molecule has 0 aliphatic heterocycles. The van der Waals surface area contributed by atoms with Gasteiger partial charge in [-0.05, 0) is 20.8 Å². The first-order valence-corrected chi connectivity index (χ1v) is 5.27. The lowest BCUT2D eigenvalue weighted by Crippen LogP contribution is -2.28. The molecule has 0 atom stereocenters. The van der Waals surface area contributed by atoms with Crippen LogP contribution in [0.1, 0.15) is 25.0 Å². The first-order chi connectivity index (χ1) is 7.19. The van der Waals surface area contributed by atoms with Crippen molar-refractivity contribution in [2.45, 2.75) is 20.8 Å².